The maximum atomic E-state index is 8.35. The summed E-state index contributed by atoms with van der Waals surface area (Å²) in [5.41, 5.74) is 0.734. The van der Waals surface area contributed by atoms with Crippen LogP contribution in [0.25, 0.3) is 5.65 Å². The van der Waals surface area contributed by atoms with Gasteiger partial charge in [0, 0.05) is 18.6 Å². The third kappa shape index (κ3) is 1.32. The summed E-state index contributed by atoms with van der Waals surface area (Å²) in [5.74, 6) is 0.633. The molecule has 2 aromatic rings. The first-order valence-electron chi connectivity index (χ1n) is 3.83. The summed E-state index contributed by atoms with van der Waals surface area (Å²) in [6, 6.07) is 5.55. The normalized spacial score (nSPS) is 9.77. The Morgan fingerprint density at radius 2 is 2.46 bits per heavy atom. The Bertz CT molecular complexity index is 455. The van der Waals surface area contributed by atoms with Crippen LogP contribution in [0, 0.1) is 11.3 Å². The van der Waals surface area contributed by atoms with Crippen molar-refractivity contribution < 1.29 is 4.74 Å². The fourth-order valence-electron chi connectivity index (χ4n) is 1.14. The molecule has 0 bridgehead atoms. The van der Waals surface area contributed by atoms with Gasteiger partial charge in [0.1, 0.15) is 6.07 Å². The van der Waals surface area contributed by atoms with Crippen molar-refractivity contribution in [3.8, 4) is 11.8 Å². The average Bonchev–Trinajstić information content (AvgIpc) is 2.62. The predicted octanol–water partition coefficient (Wildman–Crippen LogP) is 1.24. The third-order valence-corrected chi connectivity index (χ3v) is 1.68. The van der Waals surface area contributed by atoms with Crippen molar-refractivity contribution in [1.29, 1.82) is 5.26 Å². The van der Waals surface area contributed by atoms with E-state index in [1.54, 1.807) is 12.3 Å². The molecule has 4 nitrogen and oxygen atoms in total. The van der Waals surface area contributed by atoms with Crippen LogP contribution in [-0.4, -0.2) is 16.0 Å². The molecule has 0 spiro atoms. The van der Waals surface area contributed by atoms with Gasteiger partial charge in [-0.25, -0.2) is 4.98 Å². The van der Waals surface area contributed by atoms with E-state index in [-0.39, 0.29) is 6.61 Å². The molecule has 64 valence electrons. The van der Waals surface area contributed by atoms with Crippen LogP contribution in [0.2, 0.25) is 0 Å². The molecule has 0 N–H and O–H groups in total. The molecular weight excluding hydrogens is 166 g/mol. The zero-order valence-electron chi connectivity index (χ0n) is 6.84. The minimum absolute atomic E-state index is 0.0481. The minimum Gasteiger partial charge on any atom is -0.475 e. The van der Waals surface area contributed by atoms with E-state index in [0.29, 0.717) is 5.75 Å². The highest BCUT2D eigenvalue weighted by Gasteiger charge is 2.01. The Balaban J connectivity index is 2.44. The predicted molar refractivity (Wildman–Crippen MR) is 46.3 cm³/mol. The minimum atomic E-state index is 0.0481. The van der Waals surface area contributed by atoms with E-state index < -0.39 is 0 Å². The molecule has 0 radical (unpaired) electrons. The van der Waals surface area contributed by atoms with Gasteiger partial charge in [-0.2, -0.15) is 5.26 Å². The number of fused-ring (bicyclic) bond motifs is 1. The van der Waals surface area contributed by atoms with Crippen molar-refractivity contribution in [3.05, 3.63) is 30.7 Å². The van der Waals surface area contributed by atoms with Crippen molar-refractivity contribution in [3.63, 3.8) is 0 Å². The Morgan fingerprint density at radius 1 is 1.54 bits per heavy atom. The Labute approximate surface area is 75.0 Å². The number of nitrogens with zero attached hydrogens (tertiary/aromatic N) is 3. The summed E-state index contributed by atoms with van der Waals surface area (Å²) in [4.78, 5) is 4.10. The van der Waals surface area contributed by atoms with Gasteiger partial charge in [0.05, 0.1) is 0 Å². The highest BCUT2D eigenvalue weighted by atomic mass is 16.5. The maximum Gasteiger partial charge on any atom is 0.179 e. The molecule has 0 atom stereocenters. The fourth-order valence-corrected chi connectivity index (χ4v) is 1.14. The van der Waals surface area contributed by atoms with Crippen LogP contribution in [0.15, 0.2) is 30.7 Å². The Hall–Kier alpha value is -2.02. The highest BCUT2D eigenvalue weighted by molar-refractivity contribution is 5.53. The van der Waals surface area contributed by atoms with Gasteiger partial charge in [-0.05, 0) is 12.1 Å². The van der Waals surface area contributed by atoms with Gasteiger partial charge in [-0.15, -0.1) is 0 Å². The zero-order chi connectivity index (χ0) is 9.10. The van der Waals surface area contributed by atoms with Crippen molar-refractivity contribution in [1.82, 2.24) is 9.38 Å². The van der Waals surface area contributed by atoms with E-state index in [4.69, 9.17) is 10.00 Å². The van der Waals surface area contributed by atoms with Gasteiger partial charge >= 0.3 is 0 Å². The standard InChI is InChI=1S/C9H7N3O/c10-3-7-13-8-2-1-5-12-6-4-11-9(8)12/h1-2,4-6H,7H2. The first kappa shape index (κ1) is 7.62. The molecule has 0 unspecified atom stereocenters. The van der Waals surface area contributed by atoms with Crippen molar-refractivity contribution in [2.24, 2.45) is 0 Å². The van der Waals surface area contributed by atoms with Gasteiger partial charge in [-0.1, -0.05) is 0 Å². The molecular formula is C9H7N3O. The van der Waals surface area contributed by atoms with Crippen LogP contribution in [0.1, 0.15) is 0 Å². The quantitative estimate of drug-likeness (QED) is 0.686. The number of hydrogen-bond donors (Lipinski definition) is 0. The molecule has 0 aliphatic heterocycles. The summed E-state index contributed by atoms with van der Waals surface area (Å²) < 4.78 is 7.02. The third-order valence-electron chi connectivity index (χ3n) is 1.68. The lowest BCUT2D eigenvalue weighted by Crippen LogP contribution is -1.96. The van der Waals surface area contributed by atoms with E-state index in [1.807, 2.05) is 28.9 Å². The number of aromatic nitrogens is 2. The second-order valence-corrected chi connectivity index (χ2v) is 2.48. The second-order valence-electron chi connectivity index (χ2n) is 2.48. The zero-order valence-corrected chi connectivity index (χ0v) is 6.84. The average molecular weight is 173 g/mol. The number of imidazole rings is 1. The Kier molecular flexibility index (Phi) is 1.85. The molecule has 0 fully saturated rings. The molecule has 2 rings (SSSR count). The first-order valence-corrected chi connectivity index (χ1v) is 3.83. The van der Waals surface area contributed by atoms with Crippen LogP contribution in [0.3, 0.4) is 0 Å². The Morgan fingerprint density at radius 3 is 3.31 bits per heavy atom. The van der Waals surface area contributed by atoms with Gasteiger partial charge < -0.3 is 9.14 Å². The second kappa shape index (κ2) is 3.15. The molecule has 0 saturated heterocycles. The maximum absolute atomic E-state index is 8.35. The molecule has 0 aromatic carbocycles. The molecule has 0 aliphatic carbocycles. The molecule has 0 saturated carbocycles. The molecule has 2 heterocycles. The fraction of sp³-hybridized carbons (Fsp3) is 0.111. The number of ether oxygens (including phenoxy) is 1. The molecule has 13 heavy (non-hydrogen) atoms. The summed E-state index contributed by atoms with van der Waals surface area (Å²) in [7, 11) is 0. The van der Waals surface area contributed by atoms with Crippen LogP contribution in [0.4, 0.5) is 0 Å². The van der Waals surface area contributed by atoms with Crippen molar-refractivity contribution in [2.45, 2.75) is 0 Å². The molecule has 4 heteroatoms. The lowest BCUT2D eigenvalue weighted by Gasteiger charge is -2.01. The summed E-state index contributed by atoms with van der Waals surface area (Å²) in [6.45, 7) is 0.0481. The number of hydrogen-bond acceptors (Lipinski definition) is 3. The van der Waals surface area contributed by atoms with Crippen molar-refractivity contribution >= 4 is 5.65 Å². The molecule has 0 amide bonds. The molecule has 0 aliphatic rings. The van der Waals surface area contributed by atoms with Gasteiger partial charge in [0.25, 0.3) is 0 Å². The number of pyridine rings is 1. The lowest BCUT2D eigenvalue weighted by molar-refractivity contribution is 0.370. The van der Waals surface area contributed by atoms with Gasteiger partial charge in [0.15, 0.2) is 18.0 Å². The number of rotatable bonds is 2. The van der Waals surface area contributed by atoms with Gasteiger partial charge in [0.2, 0.25) is 0 Å². The lowest BCUT2D eigenvalue weighted by atomic mass is 10.4. The summed E-state index contributed by atoms with van der Waals surface area (Å²) in [5, 5.41) is 8.35. The highest BCUT2D eigenvalue weighted by Crippen LogP contribution is 2.16. The summed E-state index contributed by atoms with van der Waals surface area (Å²) in [6.07, 6.45) is 5.39. The van der Waals surface area contributed by atoms with E-state index in [0.717, 1.165) is 5.65 Å². The van der Waals surface area contributed by atoms with E-state index in [1.165, 1.54) is 0 Å². The summed E-state index contributed by atoms with van der Waals surface area (Å²) >= 11 is 0. The smallest absolute Gasteiger partial charge is 0.179 e. The van der Waals surface area contributed by atoms with Crippen LogP contribution < -0.4 is 4.74 Å². The largest absolute Gasteiger partial charge is 0.475 e. The number of nitriles is 1. The van der Waals surface area contributed by atoms with Crippen LogP contribution >= 0.6 is 0 Å². The monoisotopic (exact) mass is 173 g/mol. The van der Waals surface area contributed by atoms with Crippen LogP contribution in [0.5, 0.6) is 5.75 Å². The SMILES string of the molecule is N#CCOc1cccn2ccnc12. The van der Waals surface area contributed by atoms with E-state index in [9.17, 15) is 0 Å². The van der Waals surface area contributed by atoms with Crippen molar-refractivity contribution in [2.75, 3.05) is 6.61 Å². The van der Waals surface area contributed by atoms with E-state index in [2.05, 4.69) is 4.98 Å². The molecule has 2 aromatic heterocycles. The topological polar surface area (TPSA) is 50.3 Å². The van der Waals surface area contributed by atoms with Gasteiger partial charge in [-0.3, -0.25) is 0 Å². The van der Waals surface area contributed by atoms with Crippen LogP contribution in [-0.2, 0) is 0 Å². The first-order chi connectivity index (χ1) is 6.42. The van der Waals surface area contributed by atoms with E-state index >= 15 is 0 Å².